The second-order valence-corrected chi connectivity index (χ2v) is 4.58. The van der Waals surface area contributed by atoms with Crippen LogP contribution in [0, 0.1) is 11.8 Å². The van der Waals surface area contributed by atoms with Gasteiger partial charge in [-0.25, -0.2) is 0 Å². The summed E-state index contributed by atoms with van der Waals surface area (Å²) >= 11 is 0. The van der Waals surface area contributed by atoms with Gasteiger partial charge in [0, 0.05) is 0 Å². The Bertz CT molecular complexity index is 130. The minimum Gasteiger partial charge on any atom is -0.393 e. The first kappa shape index (κ1) is 13.7. The molecule has 84 valence electrons. The molecular weight excluding hydrogens is 172 g/mol. The molecule has 1 nitrogen and oxygen atoms in total. The molecule has 0 rings (SSSR count). The Labute approximate surface area is 89.2 Å². The first-order valence-electron chi connectivity index (χ1n) is 5.88. The first-order chi connectivity index (χ1) is 6.59. The molecule has 0 saturated carbocycles. The van der Waals surface area contributed by atoms with Crippen LogP contribution < -0.4 is 0 Å². The minimum absolute atomic E-state index is 0.158. The van der Waals surface area contributed by atoms with Crippen molar-refractivity contribution in [3.63, 3.8) is 0 Å². The SMILES string of the molecule is C=CCCCCCC(C(C)C)C(C)O. The van der Waals surface area contributed by atoms with Crippen LogP contribution in [0.1, 0.15) is 52.9 Å². The molecule has 2 atom stereocenters. The van der Waals surface area contributed by atoms with Gasteiger partial charge in [-0.15, -0.1) is 6.58 Å². The summed E-state index contributed by atoms with van der Waals surface area (Å²) in [7, 11) is 0. The lowest BCUT2D eigenvalue weighted by molar-refractivity contribution is 0.0901. The maximum atomic E-state index is 9.57. The molecule has 0 saturated heterocycles. The maximum absolute atomic E-state index is 9.57. The van der Waals surface area contributed by atoms with Crippen molar-refractivity contribution in [3.05, 3.63) is 12.7 Å². The van der Waals surface area contributed by atoms with Crippen molar-refractivity contribution >= 4 is 0 Å². The van der Waals surface area contributed by atoms with Crippen LogP contribution >= 0.6 is 0 Å². The molecule has 0 aliphatic carbocycles. The van der Waals surface area contributed by atoms with E-state index in [9.17, 15) is 5.11 Å². The summed E-state index contributed by atoms with van der Waals surface area (Å²) in [6.45, 7) is 10.0. The van der Waals surface area contributed by atoms with Crippen molar-refractivity contribution in [3.8, 4) is 0 Å². The fourth-order valence-electron chi connectivity index (χ4n) is 1.98. The van der Waals surface area contributed by atoms with Gasteiger partial charge in [-0.05, 0) is 38.0 Å². The molecular formula is C13H26O. The topological polar surface area (TPSA) is 20.2 Å². The van der Waals surface area contributed by atoms with Crippen LogP contribution in [-0.4, -0.2) is 11.2 Å². The number of rotatable bonds is 8. The molecule has 0 aliphatic heterocycles. The van der Waals surface area contributed by atoms with E-state index < -0.39 is 0 Å². The summed E-state index contributed by atoms with van der Waals surface area (Å²) in [5.41, 5.74) is 0. The predicted molar refractivity (Wildman–Crippen MR) is 63.3 cm³/mol. The molecule has 0 bridgehead atoms. The highest BCUT2D eigenvalue weighted by molar-refractivity contribution is 4.70. The molecule has 0 aromatic carbocycles. The standard InChI is InChI=1S/C13H26O/c1-5-6-7-8-9-10-13(11(2)3)12(4)14/h5,11-14H,1,6-10H2,2-4H3. The lowest BCUT2D eigenvalue weighted by atomic mass is 9.86. The van der Waals surface area contributed by atoms with E-state index in [0.29, 0.717) is 11.8 Å². The number of hydrogen-bond acceptors (Lipinski definition) is 1. The normalized spacial score (nSPS) is 15.5. The highest BCUT2D eigenvalue weighted by Gasteiger charge is 2.17. The van der Waals surface area contributed by atoms with Gasteiger partial charge in [0.25, 0.3) is 0 Å². The number of unbranched alkanes of at least 4 members (excludes halogenated alkanes) is 3. The summed E-state index contributed by atoms with van der Waals surface area (Å²) in [5.74, 6) is 1.06. The molecule has 0 aromatic heterocycles. The van der Waals surface area contributed by atoms with Crippen molar-refractivity contribution in [1.29, 1.82) is 0 Å². The fourth-order valence-corrected chi connectivity index (χ4v) is 1.98. The zero-order valence-corrected chi connectivity index (χ0v) is 10.00. The summed E-state index contributed by atoms with van der Waals surface area (Å²) in [4.78, 5) is 0. The van der Waals surface area contributed by atoms with Crippen LogP contribution in [0.5, 0.6) is 0 Å². The van der Waals surface area contributed by atoms with Crippen LogP contribution in [0.25, 0.3) is 0 Å². The third kappa shape index (κ3) is 6.20. The van der Waals surface area contributed by atoms with E-state index in [2.05, 4.69) is 20.4 Å². The van der Waals surface area contributed by atoms with E-state index in [-0.39, 0.29) is 6.10 Å². The molecule has 0 aromatic rings. The van der Waals surface area contributed by atoms with E-state index in [4.69, 9.17) is 0 Å². The maximum Gasteiger partial charge on any atom is 0.0542 e. The summed E-state index contributed by atoms with van der Waals surface area (Å²) in [6.07, 6.45) is 7.86. The van der Waals surface area contributed by atoms with Gasteiger partial charge in [0.15, 0.2) is 0 Å². The highest BCUT2D eigenvalue weighted by Crippen LogP contribution is 2.22. The minimum atomic E-state index is -0.158. The summed E-state index contributed by atoms with van der Waals surface area (Å²) in [5, 5.41) is 9.57. The van der Waals surface area contributed by atoms with Gasteiger partial charge in [-0.1, -0.05) is 32.8 Å². The van der Waals surface area contributed by atoms with Crippen molar-refractivity contribution in [2.24, 2.45) is 11.8 Å². The van der Waals surface area contributed by atoms with Gasteiger partial charge in [0.2, 0.25) is 0 Å². The molecule has 0 radical (unpaired) electrons. The van der Waals surface area contributed by atoms with E-state index in [0.717, 1.165) is 12.8 Å². The summed E-state index contributed by atoms with van der Waals surface area (Å²) < 4.78 is 0. The number of allylic oxidation sites excluding steroid dienone is 1. The Hall–Kier alpha value is -0.300. The second kappa shape index (κ2) is 8.05. The largest absolute Gasteiger partial charge is 0.393 e. The number of aliphatic hydroxyl groups excluding tert-OH is 1. The molecule has 0 spiro atoms. The Morgan fingerprint density at radius 3 is 2.21 bits per heavy atom. The lowest BCUT2D eigenvalue weighted by Gasteiger charge is -2.23. The van der Waals surface area contributed by atoms with Crippen molar-refractivity contribution < 1.29 is 5.11 Å². The Balaban J connectivity index is 3.56. The van der Waals surface area contributed by atoms with Crippen molar-refractivity contribution in [2.45, 2.75) is 59.0 Å². The van der Waals surface area contributed by atoms with Crippen LogP contribution in [0.4, 0.5) is 0 Å². The smallest absolute Gasteiger partial charge is 0.0542 e. The molecule has 0 amide bonds. The van der Waals surface area contributed by atoms with Crippen LogP contribution in [0.15, 0.2) is 12.7 Å². The van der Waals surface area contributed by atoms with E-state index in [1.165, 1.54) is 19.3 Å². The van der Waals surface area contributed by atoms with Crippen molar-refractivity contribution in [1.82, 2.24) is 0 Å². The molecule has 1 heteroatoms. The van der Waals surface area contributed by atoms with Gasteiger partial charge in [-0.2, -0.15) is 0 Å². The van der Waals surface area contributed by atoms with Gasteiger partial charge in [0.1, 0.15) is 0 Å². The third-order valence-corrected chi connectivity index (χ3v) is 2.92. The summed E-state index contributed by atoms with van der Waals surface area (Å²) in [6, 6.07) is 0. The quantitative estimate of drug-likeness (QED) is 0.465. The lowest BCUT2D eigenvalue weighted by Crippen LogP contribution is -2.22. The third-order valence-electron chi connectivity index (χ3n) is 2.92. The van der Waals surface area contributed by atoms with E-state index in [1.54, 1.807) is 0 Å². The molecule has 0 aliphatic rings. The zero-order valence-electron chi connectivity index (χ0n) is 10.00. The zero-order chi connectivity index (χ0) is 11.0. The van der Waals surface area contributed by atoms with Crippen LogP contribution in [0.2, 0.25) is 0 Å². The Kier molecular flexibility index (Phi) is 7.87. The fraction of sp³-hybridized carbons (Fsp3) is 0.846. The van der Waals surface area contributed by atoms with E-state index >= 15 is 0 Å². The number of aliphatic hydroxyl groups is 1. The van der Waals surface area contributed by atoms with Gasteiger partial charge < -0.3 is 5.11 Å². The monoisotopic (exact) mass is 198 g/mol. The molecule has 0 fully saturated rings. The molecule has 14 heavy (non-hydrogen) atoms. The molecule has 1 N–H and O–H groups in total. The average molecular weight is 198 g/mol. The van der Waals surface area contributed by atoms with Crippen LogP contribution in [-0.2, 0) is 0 Å². The first-order valence-corrected chi connectivity index (χ1v) is 5.88. The Morgan fingerprint density at radius 2 is 1.79 bits per heavy atom. The van der Waals surface area contributed by atoms with Gasteiger partial charge in [0.05, 0.1) is 6.10 Å². The second-order valence-electron chi connectivity index (χ2n) is 4.58. The predicted octanol–water partition coefficient (Wildman–Crippen LogP) is 3.78. The average Bonchev–Trinajstić information content (AvgIpc) is 2.09. The molecule has 2 unspecified atom stereocenters. The molecule has 0 heterocycles. The van der Waals surface area contributed by atoms with Gasteiger partial charge >= 0.3 is 0 Å². The van der Waals surface area contributed by atoms with E-state index in [1.807, 2.05) is 13.0 Å². The Morgan fingerprint density at radius 1 is 1.14 bits per heavy atom. The van der Waals surface area contributed by atoms with Crippen molar-refractivity contribution in [2.75, 3.05) is 0 Å². The number of hydrogen-bond donors (Lipinski definition) is 1. The van der Waals surface area contributed by atoms with Crippen LogP contribution in [0.3, 0.4) is 0 Å². The highest BCUT2D eigenvalue weighted by atomic mass is 16.3. The van der Waals surface area contributed by atoms with Gasteiger partial charge in [-0.3, -0.25) is 0 Å².